The highest BCUT2D eigenvalue weighted by Gasteiger charge is 2.34. The second-order valence-electron chi connectivity index (χ2n) is 4.46. The number of hydrogen-bond acceptors (Lipinski definition) is 6. The summed E-state index contributed by atoms with van der Waals surface area (Å²) in [6, 6.07) is 0.649. The lowest BCUT2D eigenvalue weighted by atomic mass is 10.0. The molecule has 0 spiro atoms. The van der Waals surface area contributed by atoms with Gasteiger partial charge in [-0.3, -0.25) is 14.9 Å². The van der Waals surface area contributed by atoms with E-state index in [1.165, 1.54) is 23.5 Å². The molecule has 1 aromatic heterocycles. The maximum absolute atomic E-state index is 12.4. The number of carbonyl (C=O) groups excluding carboxylic acids is 2. The number of esters is 1. The number of nitro groups is 1. The number of methoxy groups -OCH3 is 1. The van der Waals surface area contributed by atoms with Crippen LogP contribution in [0.2, 0.25) is 0 Å². The average molecular weight is 298 g/mol. The lowest BCUT2D eigenvalue weighted by molar-refractivity contribution is -0.380. The van der Waals surface area contributed by atoms with E-state index < -0.39 is 16.9 Å². The van der Waals surface area contributed by atoms with Crippen LogP contribution in [0.25, 0.3) is 0 Å². The summed E-state index contributed by atoms with van der Waals surface area (Å²) in [5.41, 5.74) is 0.248. The average Bonchev–Trinajstić information content (AvgIpc) is 2.95. The molecule has 0 radical (unpaired) electrons. The monoisotopic (exact) mass is 298 g/mol. The van der Waals surface area contributed by atoms with Crippen molar-refractivity contribution in [3.8, 4) is 0 Å². The van der Waals surface area contributed by atoms with Gasteiger partial charge in [0.15, 0.2) is 0 Å². The first-order valence-electron chi connectivity index (χ1n) is 6.16. The summed E-state index contributed by atoms with van der Waals surface area (Å²) in [5.74, 6) is -0.799. The predicted molar refractivity (Wildman–Crippen MR) is 71.7 cm³/mol. The Hall–Kier alpha value is -1.96. The number of ether oxygens (including phenoxy) is 1. The number of amides is 1. The summed E-state index contributed by atoms with van der Waals surface area (Å²) < 4.78 is 4.71. The largest absolute Gasteiger partial charge is 0.467 e. The molecule has 20 heavy (non-hydrogen) atoms. The Morgan fingerprint density at radius 2 is 2.25 bits per heavy atom. The third kappa shape index (κ3) is 2.79. The fourth-order valence-corrected chi connectivity index (χ4v) is 2.95. The molecule has 8 heteroatoms. The van der Waals surface area contributed by atoms with Crippen LogP contribution in [0.3, 0.4) is 0 Å². The lowest BCUT2D eigenvalue weighted by Crippen LogP contribution is -2.48. The summed E-state index contributed by atoms with van der Waals surface area (Å²) >= 11 is 0.903. The third-order valence-electron chi connectivity index (χ3n) is 3.25. The molecule has 2 heterocycles. The fraction of sp³-hybridized carbons (Fsp3) is 0.500. The van der Waals surface area contributed by atoms with Crippen molar-refractivity contribution in [1.82, 2.24) is 4.90 Å². The van der Waals surface area contributed by atoms with E-state index in [0.717, 1.165) is 24.2 Å². The standard InChI is InChI=1S/C12H14N2O5S/c1-19-12(16)9-4-2-3-5-13(9)11(15)8-6-10(14(17)18)20-7-8/h6-7,9H,2-5H2,1H3/t9-/m1/s1. The van der Waals surface area contributed by atoms with Gasteiger partial charge in [-0.25, -0.2) is 4.79 Å². The van der Waals surface area contributed by atoms with Crippen LogP contribution >= 0.6 is 11.3 Å². The molecule has 1 atom stereocenters. The van der Waals surface area contributed by atoms with Gasteiger partial charge in [0.1, 0.15) is 6.04 Å². The second kappa shape index (κ2) is 6.00. The van der Waals surface area contributed by atoms with Gasteiger partial charge in [-0.05, 0) is 19.3 Å². The van der Waals surface area contributed by atoms with Gasteiger partial charge in [-0.15, -0.1) is 0 Å². The molecule has 0 N–H and O–H groups in total. The predicted octanol–water partition coefficient (Wildman–Crippen LogP) is 1.82. The van der Waals surface area contributed by atoms with Crippen LogP contribution in [0.5, 0.6) is 0 Å². The SMILES string of the molecule is COC(=O)[C@H]1CCCCN1C(=O)c1csc([N+](=O)[O-])c1. The van der Waals surface area contributed by atoms with Crippen LogP contribution in [-0.4, -0.2) is 41.4 Å². The first-order chi connectivity index (χ1) is 9.54. The number of piperidine rings is 1. The Morgan fingerprint density at radius 1 is 1.50 bits per heavy atom. The molecule has 1 aromatic rings. The van der Waals surface area contributed by atoms with Crippen LogP contribution in [-0.2, 0) is 9.53 Å². The number of hydrogen-bond donors (Lipinski definition) is 0. The highest BCUT2D eigenvalue weighted by Crippen LogP contribution is 2.26. The van der Waals surface area contributed by atoms with Crippen molar-refractivity contribution < 1.29 is 19.2 Å². The zero-order valence-electron chi connectivity index (χ0n) is 10.9. The fourth-order valence-electron chi connectivity index (χ4n) is 2.25. The van der Waals surface area contributed by atoms with Crippen LogP contribution in [0.1, 0.15) is 29.6 Å². The molecule has 2 rings (SSSR count). The van der Waals surface area contributed by atoms with Crippen molar-refractivity contribution in [3.63, 3.8) is 0 Å². The second-order valence-corrected chi connectivity index (χ2v) is 5.35. The minimum Gasteiger partial charge on any atom is -0.467 e. The van der Waals surface area contributed by atoms with Crippen molar-refractivity contribution in [1.29, 1.82) is 0 Å². The van der Waals surface area contributed by atoms with Crippen molar-refractivity contribution in [2.45, 2.75) is 25.3 Å². The van der Waals surface area contributed by atoms with E-state index in [4.69, 9.17) is 4.74 Å². The molecule has 0 saturated carbocycles. The molecule has 1 saturated heterocycles. The molecule has 0 unspecified atom stereocenters. The van der Waals surface area contributed by atoms with Crippen LogP contribution in [0.4, 0.5) is 5.00 Å². The molecule has 0 aromatic carbocycles. The Morgan fingerprint density at radius 3 is 2.85 bits per heavy atom. The summed E-state index contributed by atoms with van der Waals surface area (Å²) in [5, 5.41) is 12.0. The van der Waals surface area contributed by atoms with Gasteiger partial charge in [0.2, 0.25) is 0 Å². The van der Waals surface area contributed by atoms with Crippen LogP contribution in [0.15, 0.2) is 11.4 Å². The van der Waals surface area contributed by atoms with E-state index in [1.54, 1.807) is 0 Å². The summed E-state index contributed by atoms with van der Waals surface area (Å²) in [4.78, 5) is 35.6. The van der Waals surface area contributed by atoms with Crippen molar-refractivity contribution in [2.24, 2.45) is 0 Å². The van der Waals surface area contributed by atoms with Gasteiger partial charge >= 0.3 is 11.0 Å². The topological polar surface area (TPSA) is 89.8 Å². The van der Waals surface area contributed by atoms with Gasteiger partial charge in [0.05, 0.1) is 17.6 Å². The molecule has 1 aliphatic rings. The van der Waals surface area contributed by atoms with Gasteiger partial charge in [0, 0.05) is 18.0 Å². The van der Waals surface area contributed by atoms with E-state index in [1.807, 2.05) is 0 Å². The first-order valence-corrected chi connectivity index (χ1v) is 7.04. The first kappa shape index (κ1) is 14.4. The Kier molecular flexibility index (Phi) is 4.33. The number of rotatable bonds is 3. The summed E-state index contributed by atoms with van der Waals surface area (Å²) in [7, 11) is 1.29. The minimum absolute atomic E-state index is 0.0834. The van der Waals surface area contributed by atoms with Gasteiger partial charge in [-0.2, -0.15) is 0 Å². The highest BCUT2D eigenvalue weighted by molar-refractivity contribution is 7.13. The zero-order valence-corrected chi connectivity index (χ0v) is 11.7. The molecule has 1 aliphatic heterocycles. The van der Waals surface area contributed by atoms with Crippen molar-refractivity contribution in [3.05, 3.63) is 27.1 Å². The van der Waals surface area contributed by atoms with E-state index in [2.05, 4.69) is 0 Å². The van der Waals surface area contributed by atoms with Crippen molar-refractivity contribution >= 4 is 28.2 Å². The van der Waals surface area contributed by atoms with Gasteiger partial charge < -0.3 is 9.64 Å². The molecule has 1 fully saturated rings. The normalized spacial score (nSPS) is 18.6. The van der Waals surface area contributed by atoms with E-state index in [9.17, 15) is 19.7 Å². The lowest BCUT2D eigenvalue weighted by Gasteiger charge is -2.33. The molecule has 1 amide bonds. The Labute approximate surface area is 119 Å². The molecule has 7 nitrogen and oxygen atoms in total. The quantitative estimate of drug-likeness (QED) is 0.482. The Bertz CT molecular complexity index is 542. The summed E-state index contributed by atoms with van der Waals surface area (Å²) in [6.07, 6.45) is 2.23. The number of likely N-dealkylation sites (tertiary alicyclic amines) is 1. The maximum atomic E-state index is 12.4. The zero-order chi connectivity index (χ0) is 14.7. The highest BCUT2D eigenvalue weighted by atomic mass is 32.1. The molecule has 0 aliphatic carbocycles. The van der Waals surface area contributed by atoms with Crippen LogP contribution in [0, 0.1) is 10.1 Å². The maximum Gasteiger partial charge on any atom is 0.328 e. The van der Waals surface area contributed by atoms with E-state index in [0.29, 0.717) is 13.0 Å². The van der Waals surface area contributed by atoms with Crippen LogP contribution < -0.4 is 0 Å². The number of nitrogens with zero attached hydrogens (tertiary/aromatic N) is 2. The van der Waals surface area contributed by atoms with E-state index in [-0.39, 0.29) is 16.5 Å². The minimum atomic E-state index is -0.597. The number of carbonyl (C=O) groups is 2. The molecular formula is C12H14N2O5S. The molecular weight excluding hydrogens is 284 g/mol. The van der Waals surface area contributed by atoms with Gasteiger partial charge in [-0.1, -0.05) is 11.3 Å². The summed E-state index contributed by atoms with van der Waals surface area (Å²) in [6.45, 7) is 0.461. The Balaban J connectivity index is 2.20. The molecule has 108 valence electrons. The third-order valence-corrected chi connectivity index (χ3v) is 4.13. The van der Waals surface area contributed by atoms with Gasteiger partial charge in [0.25, 0.3) is 5.91 Å². The molecule has 0 bridgehead atoms. The smallest absolute Gasteiger partial charge is 0.328 e. The van der Waals surface area contributed by atoms with E-state index >= 15 is 0 Å². The van der Waals surface area contributed by atoms with Crippen molar-refractivity contribution in [2.75, 3.05) is 13.7 Å². The number of thiophene rings is 1.